The Morgan fingerprint density at radius 2 is 1.94 bits per heavy atom. The van der Waals surface area contributed by atoms with Gasteiger partial charge in [0, 0.05) is 18.8 Å². The number of amides is 1. The number of anilines is 3. The quantitative estimate of drug-likeness (QED) is 0.354. The van der Waals surface area contributed by atoms with Gasteiger partial charge >= 0.3 is 0 Å². The zero-order chi connectivity index (χ0) is 23.7. The van der Waals surface area contributed by atoms with Crippen LogP contribution >= 0.6 is 0 Å². The van der Waals surface area contributed by atoms with Gasteiger partial charge in [-0.15, -0.1) is 0 Å². The third-order valence-electron chi connectivity index (χ3n) is 5.28. The maximum absolute atomic E-state index is 11.6. The minimum atomic E-state index is -0.341. The number of hydrogen-bond acceptors (Lipinski definition) is 7. The summed E-state index contributed by atoms with van der Waals surface area (Å²) in [4.78, 5) is 29.1. The number of fused-ring (bicyclic) bond motifs is 2. The van der Waals surface area contributed by atoms with Gasteiger partial charge in [0.2, 0.25) is 5.91 Å². The summed E-state index contributed by atoms with van der Waals surface area (Å²) in [6.07, 6.45) is 4.43. The average molecular weight is 451 g/mol. The predicted octanol–water partition coefficient (Wildman–Crippen LogP) is 4.88. The SMILES string of the molecule is C=CC(=O)Nc1ccc2ncnc(Nc3ccc(Oc4ccc5c(c4)ncn5C)c(C)c3)c2n1. The maximum atomic E-state index is 11.6. The van der Waals surface area contributed by atoms with Gasteiger partial charge in [0.05, 0.1) is 22.9 Å². The Bertz CT molecular complexity index is 1560. The molecule has 0 radical (unpaired) electrons. The third kappa shape index (κ3) is 4.14. The lowest BCUT2D eigenvalue weighted by molar-refractivity contribution is -0.111. The van der Waals surface area contributed by atoms with Gasteiger partial charge in [-0.05, 0) is 61.0 Å². The summed E-state index contributed by atoms with van der Waals surface area (Å²) < 4.78 is 8.07. The molecule has 2 aromatic carbocycles. The van der Waals surface area contributed by atoms with Gasteiger partial charge in [0.1, 0.15) is 29.2 Å². The van der Waals surface area contributed by atoms with Gasteiger partial charge in [-0.2, -0.15) is 0 Å². The van der Waals surface area contributed by atoms with Crippen LogP contribution < -0.4 is 15.4 Å². The molecule has 2 N–H and O–H groups in total. The molecular formula is C25H21N7O2. The molecule has 0 fully saturated rings. The molecule has 0 saturated carbocycles. The van der Waals surface area contributed by atoms with Crippen LogP contribution in [0, 0.1) is 6.92 Å². The van der Waals surface area contributed by atoms with Crippen molar-refractivity contribution in [1.82, 2.24) is 24.5 Å². The van der Waals surface area contributed by atoms with E-state index in [1.807, 2.05) is 54.9 Å². The van der Waals surface area contributed by atoms with Gasteiger partial charge < -0.3 is 19.9 Å². The molecule has 0 bridgehead atoms. The van der Waals surface area contributed by atoms with Crippen molar-refractivity contribution in [2.75, 3.05) is 10.6 Å². The molecule has 0 spiro atoms. The van der Waals surface area contributed by atoms with Crippen LogP contribution in [0.3, 0.4) is 0 Å². The van der Waals surface area contributed by atoms with E-state index in [1.54, 1.807) is 18.5 Å². The number of pyridine rings is 1. The number of nitrogens with one attached hydrogen (secondary N) is 2. The van der Waals surface area contributed by atoms with E-state index >= 15 is 0 Å². The molecule has 34 heavy (non-hydrogen) atoms. The summed E-state index contributed by atoms with van der Waals surface area (Å²) in [5.41, 5.74) is 4.86. The van der Waals surface area contributed by atoms with E-state index in [0.717, 1.165) is 33.8 Å². The van der Waals surface area contributed by atoms with Crippen molar-refractivity contribution in [1.29, 1.82) is 0 Å². The lowest BCUT2D eigenvalue weighted by Gasteiger charge is -2.12. The first-order valence-electron chi connectivity index (χ1n) is 10.5. The fraction of sp³-hybridized carbons (Fsp3) is 0.0800. The highest BCUT2D eigenvalue weighted by atomic mass is 16.5. The van der Waals surface area contributed by atoms with Crippen molar-refractivity contribution >= 4 is 45.3 Å². The van der Waals surface area contributed by atoms with Crippen LogP contribution in [0.15, 0.2) is 73.8 Å². The van der Waals surface area contributed by atoms with E-state index in [4.69, 9.17) is 4.74 Å². The first-order chi connectivity index (χ1) is 16.5. The minimum Gasteiger partial charge on any atom is -0.457 e. The van der Waals surface area contributed by atoms with Gasteiger partial charge in [0.25, 0.3) is 0 Å². The second kappa shape index (κ2) is 8.62. The summed E-state index contributed by atoms with van der Waals surface area (Å²) in [5.74, 6) is 2.02. The van der Waals surface area contributed by atoms with E-state index in [2.05, 4.69) is 37.1 Å². The molecule has 5 aromatic rings. The molecule has 0 unspecified atom stereocenters. The first kappa shape index (κ1) is 21.1. The lowest BCUT2D eigenvalue weighted by Crippen LogP contribution is -2.09. The van der Waals surface area contributed by atoms with Crippen molar-refractivity contribution in [3.63, 3.8) is 0 Å². The number of ether oxygens (including phenoxy) is 1. The number of hydrogen-bond donors (Lipinski definition) is 2. The van der Waals surface area contributed by atoms with Crippen LogP contribution in [-0.4, -0.2) is 30.4 Å². The fourth-order valence-corrected chi connectivity index (χ4v) is 3.56. The van der Waals surface area contributed by atoms with E-state index in [1.165, 1.54) is 12.4 Å². The Kier molecular flexibility index (Phi) is 5.35. The molecular weight excluding hydrogens is 430 g/mol. The predicted molar refractivity (Wildman–Crippen MR) is 131 cm³/mol. The average Bonchev–Trinajstić information content (AvgIpc) is 3.21. The Labute approximate surface area is 195 Å². The highest BCUT2D eigenvalue weighted by Crippen LogP contribution is 2.31. The normalized spacial score (nSPS) is 10.9. The monoisotopic (exact) mass is 451 g/mol. The maximum Gasteiger partial charge on any atom is 0.248 e. The van der Waals surface area contributed by atoms with Crippen LogP contribution in [0.2, 0.25) is 0 Å². The molecule has 0 aliphatic rings. The molecule has 9 heteroatoms. The zero-order valence-electron chi connectivity index (χ0n) is 18.6. The Hall–Kier alpha value is -4.79. The standard InChI is InChI=1S/C25H21N7O2/c1-4-23(33)30-22-10-7-18-24(31-22)25(27-13-26-18)29-16-5-9-21(15(2)11-16)34-17-6-8-20-19(12-17)28-14-32(20)3/h4-14H,1H2,2-3H3,(H,26,27,29)(H,30,31,33). The smallest absolute Gasteiger partial charge is 0.248 e. The van der Waals surface area contributed by atoms with Crippen molar-refractivity contribution in [2.45, 2.75) is 6.92 Å². The molecule has 3 aromatic heterocycles. The number of aromatic nitrogens is 5. The number of nitrogens with zero attached hydrogens (tertiary/aromatic N) is 5. The summed E-state index contributed by atoms with van der Waals surface area (Å²) in [6, 6.07) is 15.0. The Morgan fingerprint density at radius 3 is 2.76 bits per heavy atom. The molecule has 1 amide bonds. The number of aryl methyl sites for hydroxylation is 2. The first-order valence-corrected chi connectivity index (χ1v) is 10.5. The topological polar surface area (TPSA) is 107 Å². The highest BCUT2D eigenvalue weighted by Gasteiger charge is 2.10. The third-order valence-corrected chi connectivity index (χ3v) is 5.28. The molecule has 0 aliphatic carbocycles. The molecule has 168 valence electrons. The largest absolute Gasteiger partial charge is 0.457 e. The molecule has 5 rings (SSSR count). The number of imidazole rings is 1. The molecule has 9 nitrogen and oxygen atoms in total. The van der Waals surface area contributed by atoms with Crippen LogP contribution in [0.4, 0.5) is 17.3 Å². The lowest BCUT2D eigenvalue weighted by atomic mass is 10.2. The van der Waals surface area contributed by atoms with E-state index < -0.39 is 0 Å². The summed E-state index contributed by atoms with van der Waals surface area (Å²) in [7, 11) is 1.96. The van der Waals surface area contributed by atoms with Crippen molar-refractivity contribution in [3.05, 3.63) is 79.4 Å². The molecule has 0 saturated heterocycles. The number of carbonyl (C=O) groups is 1. The Balaban J connectivity index is 1.39. The van der Waals surface area contributed by atoms with Crippen molar-refractivity contribution < 1.29 is 9.53 Å². The van der Waals surface area contributed by atoms with E-state index in [-0.39, 0.29) is 5.91 Å². The second-order valence-corrected chi connectivity index (χ2v) is 7.69. The van der Waals surface area contributed by atoms with E-state index in [0.29, 0.717) is 22.7 Å². The highest BCUT2D eigenvalue weighted by molar-refractivity contribution is 5.99. The fourth-order valence-electron chi connectivity index (χ4n) is 3.56. The zero-order valence-corrected chi connectivity index (χ0v) is 18.6. The van der Waals surface area contributed by atoms with Gasteiger partial charge in [0.15, 0.2) is 5.82 Å². The molecule has 0 aliphatic heterocycles. The van der Waals surface area contributed by atoms with Gasteiger partial charge in [-0.3, -0.25) is 4.79 Å². The van der Waals surface area contributed by atoms with Gasteiger partial charge in [-0.1, -0.05) is 6.58 Å². The number of rotatable bonds is 6. The van der Waals surface area contributed by atoms with Crippen LogP contribution in [0.25, 0.3) is 22.1 Å². The molecule has 0 atom stereocenters. The van der Waals surface area contributed by atoms with Crippen LogP contribution in [0.1, 0.15) is 5.56 Å². The second-order valence-electron chi connectivity index (χ2n) is 7.69. The number of benzene rings is 2. The summed E-state index contributed by atoms with van der Waals surface area (Å²) in [5, 5.41) is 5.94. The van der Waals surface area contributed by atoms with E-state index in [9.17, 15) is 4.79 Å². The number of carbonyl (C=O) groups excluding carboxylic acids is 1. The van der Waals surface area contributed by atoms with Crippen LogP contribution in [-0.2, 0) is 11.8 Å². The summed E-state index contributed by atoms with van der Waals surface area (Å²) >= 11 is 0. The van der Waals surface area contributed by atoms with Crippen LogP contribution in [0.5, 0.6) is 11.5 Å². The minimum absolute atomic E-state index is 0.341. The summed E-state index contributed by atoms with van der Waals surface area (Å²) in [6.45, 7) is 5.43. The Morgan fingerprint density at radius 1 is 1.06 bits per heavy atom. The van der Waals surface area contributed by atoms with Crippen molar-refractivity contribution in [2.24, 2.45) is 7.05 Å². The molecule has 3 heterocycles. The van der Waals surface area contributed by atoms with Gasteiger partial charge in [-0.25, -0.2) is 19.9 Å². The van der Waals surface area contributed by atoms with Crippen molar-refractivity contribution in [3.8, 4) is 11.5 Å².